The molecule has 0 aliphatic carbocycles. The highest BCUT2D eigenvalue weighted by molar-refractivity contribution is 6.32. The molecule has 2 aromatic carbocycles. The van der Waals surface area contributed by atoms with Gasteiger partial charge in [-0.05, 0) is 30.7 Å². The van der Waals surface area contributed by atoms with Crippen LogP contribution in [0, 0.1) is 17.6 Å². The largest absolute Gasteiger partial charge is 0.495 e. The van der Waals surface area contributed by atoms with Crippen LogP contribution in [0.5, 0.6) is 11.5 Å². The summed E-state index contributed by atoms with van der Waals surface area (Å²) in [4.78, 5) is 26.7. The lowest BCUT2D eigenvalue weighted by Crippen LogP contribution is -2.34. The number of hydrogen-bond donors (Lipinski definition) is 1. The van der Waals surface area contributed by atoms with Gasteiger partial charge in [-0.25, -0.2) is 8.78 Å². The number of nitrogens with zero attached hydrogens (tertiary/aromatic N) is 1. The van der Waals surface area contributed by atoms with Gasteiger partial charge >= 0.3 is 0 Å². The monoisotopic (exact) mass is 438 g/mol. The van der Waals surface area contributed by atoms with Gasteiger partial charge < -0.3 is 19.7 Å². The SMILES string of the molecule is COc1cc(OC)c(N2C[C@H](C(=O)N[C@H](C)c3ccc(F)c(F)c3)CC2=O)cc1Cl. The van der Waals surface area contributed by atoms with E-state index in [0.717, 1.165) is 12.1 Å². The Morgan fingerprint density at radius 3 is 2.50 bits per heavy atom. The second-order valence-corrected chi connectivity index (χ2v) is 7.38. The fourth-order valence-electron chi connectivity index (χ4n) is 3.37. The molecule has 0 radical (unpaired) electrons. The zero-order valence-electron chi connectivity index (χ0n) is 16.7. The third-order valence-electron chi connectivity index (χ3n) is 5.04. The highest BCUT2D eigenvalue weighted by Gasteiger charge is 2.37. The standard InChI is InChI=1S/C21H21ClF2N2O4/c1-11(12-4-5-15(23)16(24)6-12)25-21(28)13-7-20(27)26(10-13)17-8-14(22)18(29-2)9-19(17)30-3/h4-6,8-9,11,13H,7,10H2,1-3H3,(H,25,28)/t11-,13-/m1/s1. The molecule has 1 aliphatic rings. The van der Waals surface area contributed by atoms with Crippen molar-refractivity contribution < 1.29 is 27.8 Å². The number of hydrogen-bond acceptors (Lipinski definition) is 4. The number of amides is 2. The van der Waals surface area contributed by atoms with Crippen LogP contribution in [0.2, 0.25) is 5.02 Å². The van der Waals surface area contributed by atoms with Crippen molar-refractivity contribution in [2.24, 2.45) is 5.92 Å². The van der Waals surface area contributed by atoms with Gasteiger partial charge in [0, 0.05) is 19.0 Å². The van der Waals surface area contributed by atoms with Gasteiger partial charge in [0.05, 0.1) is 36.9 Å². The average molecular weight is 439 g/mol. The molecule has 30 heavy (non-hydrogen) atoms. The van der Waals surface area contributed by atoms with Crippen LogP contribution in [0.25, 0.3) is 0 Å². The van der Waals surface area contributed by atoms with Crippen LogP contribution in [0.15, 0.2) is 30.3 Å². The fourth-order valence-corrected chi connectivity index (χ4v) is 3.60. The highest BCUT2D eigenvalue weighted by atomic mass is 35.5. The average Bonchev–Trinajstić information content (AvgIpc) is 3.11. The molecule has 0 spiro atoms. The molecular weight excluding hydrogens is 418 g/mol. The van der Waals surface area contributed by atoms with Gasteiger partial charge in [-0.2, -0.15) is 0 Å². The maximum atomic E-state index is 13.5. The smallest absolute Gasteiger partial charge is 0.227 e. The van der Waals surface area contributed by atoms with E-state index in [9.17, 15) is 18.4 Å². The molecule has 9 heteroatoms. The molecule has 3 rings (SSSR count). The number of anilines is 1. The lowest BCUT2D eigenvalue weighted by Gasteiger charge is -2.21. The zero-order valence-corrected chi connectivity index (χ0v) is 17.4. The Balaban J connectivity index is 1.74. The van der Waals surface area contributed by atoms with Gasteiger partial charge in [0.25, 0.3) is 0 Å². The van der Waals surface area contributed by atoms with Crippen LogP contribution in [0.1, 0.15) is 24.9 Å². The summed E-state index contributed by atoms with van der Waals surface area (Å²) < 4.78 is 37.1. The zero-order chi connectivity index (χ0) is 22.0. The van der Waals surface area contributed by atoms with Crippen molar-refractivity contribution in [3.63, 3.8) is 0 Å². The van der Waals surface area contributed by atoms with Crippen LogP contribution in [-0.4, -0.2) is 32.6 Å². The summed E-state index contributed by atoms with van der Waals surface area (Å²) in [6.45, 7) is 1.79. The van der Waals surface area contributed by atoms with Gasteiger partial charge in [0.1, 0.15) is 11.5 Å². The Hall–Kier alpha value is -2.87. The summed E-state index contributed by atoms with van der Waals surface area (Å²) in [5, 5.41) is 3.06. The maximum Gasteiger partial charge on any atom is 0.227 e. The number of carbonyl (C=O) groups excluding carboxylic acids is 2. The molecule has 0 bridgehead atoms. The molecular formula is C21H21ClF2N2O4. The fraction of sp³-hybridized carbons (Fsp3) is 0.333. The van der Waals surface area contributed by atoms with Crippen molar-refractivity contribution in [1.82, 2.24) is 5.32 Å². The number of rotatable bonds is 6. The van der Waals surface area contributed by atoms with Gasteiger partial charge in [-0.1, -0.05) is 17.7 Å². The Bertz CT molecular complexity index is 986. The Labute approximate surface area is 177 Å². The van der Waals surface area contributed by atoms with Crippen LogP contribution < -0.4 is 19.7 Å². The highest BCUT2D eigenvalue weighted by Crippen LogP contribution is 2.40. The first-order valence-corrected chi connectivity index (χ1v) is 9.60. The van der Waals surface area contributed by atoms with Crippen molar-refractivity contribution >= 4 is 29.1 Å². The van der Waals surface area contributed by atoms with E-state index >= 15 is 0 Å². The van der Waals surface area contributed by atoms with E-state index in [2.05, 4.69) is 5.32 Å². The first-order chi connectivity index (χ1) is 14.2. The maximum absolute atomic E-state index is 13.5. The minimum absolute atomic E-state index is 0.00311. The van der Waals surface area contributed by atoms with Crippen molar-refractivity contribution in [2.45, 2.75) is 19.4 Å². The van der Waals surface area contributed by atoms with E-state index in [1.54, 1.807) is 19.1 Å². The minimum Gasteiger partial charge on any atom is -0.495 e. The van der Waals surface area contributed by atoms with E-state index in [4.69, 9.17) is 21.1 Å². The van der Waals surface area contributed by atoms with Crippen molar-refractivity contribution in [3.8, 4) is 11.5 Å². The lowest BCUT2D eigenvalue weighted by atomic mass is 10.0. The minimum atomic E-state index is -0.987. The molecule has 1 N–H and O–H groups in total. The Morgan fingerprint density at radius 2 is 1.87 bits per heavy atom. The van der Waals surface area contributed by atoms with E-state index in [1.807, 2.05) is 0 Å². The topological polar surface area (TPSA) is 67.9 Å². The van der Waals surface area contributed by atoms with Crippen molar-refractivity contribution in [2.75, 3.05) is 25.7 Å². The summed E-state index contributed by atoms with van der Waals surface area (Å²) in [6, 6.07) is 6.02. The van der Waals surface area contributed by atoms with Crippen molar-refractivity contribution in [3.05, 3.63) is 52.6 Å². The molecule has 0 aromatic heterocycles. The molecule has 2 atom stereocenters. The number of halogens is 3. The molecule has 6 nitrogen and oxygen atoms in total. The predicted octanol–water partition coefficient (Wildman–Crippen LogP) is 3.87. The quantitative estimate of drug-likeness (QED) is 0.743. The molecule has 2 amide bonds. The molecule has 0 unspecified atom stereocenters. The molecule has 2 aromatic rings. The van der Waals surface area contributed by atoms with Gasteiger partial charge in [-0.15, -0.1) is 0 Å². The summed E-state index contributed by atoms with van der Waals surface area (Å²) >= 11 is 6.19. The number of methoxy groups -OCH3 is 2. The van der Waals surface area contributed by atoms with Gasteiger partial charge in [0.2, 0.25) is 11.8 Å². The normalized spacial score (nSPS) is 17.1. The van der Waals surface area contributed by atoms with Crippen molar-refractivity contribution in [1.29, 1.82) is 0 Å². The summed E-state index contributed by atoms with van der Waals surface area (Å²) in [5.74, 6) is -2.38. The molecule has 1 fully saturated rings. The Kier molecular flexibility index (Phi) is 6.45. The number of ether oxygens (including phenoxy) is 2. The van der Waals surface area contributed by atoms with Crippen LogP contribution in [-0.2, 0) is 9.59 Å². The summed E-state index contributed by atoms with van der Waals surface area (Å²) in [6.07, 6.45) is 0.00311. The second-order valence-electron chi connectivity index (χ2n) is 6.97. The number of benzene rings is 2. The predicted molar refractivity (Wildman–Crippen MR) is 108 cm³/mol. The first kappa shape index (κ1) is 21.8. The van der Waals surface area contributed by atoms with E-state index < -0.39 is 23.6 Å². The van der Waals surface area contributed by atoms with Crippen LogP contribution in [0.4, 0.5) is 14.5 Å². The van der Waals surface area contributed by atoms with Crippen LogP contribution in [0.3, 0.4) is 0 Å². The summed E-state index contributed by atoms with van der Waals surface area (Å²) in [7, 11) is 2.93. The third-order valence-corrected chi connectivity index (χ3v) is 5.34. The number of carbonyl (C=O) groups is 2. The molecule has 160 valence electrons. The second kappa shape index (κ2) is 8.87. The lowest BCUT2D eigenvalue weighted by molar-refractivity contribution is -0.126. The van der Waals surface area contributed by atoms with Crippen LogP contribution >= 0.6 is 11.6 Å². The molecule has 0 saturated carbocycles. The molecule has 1 saturated heterocycles. The van der Waals surface area contributed by atoms with Gasteiger partial charge in [-0.3, -0.25) is 9.59 Å². The first-order valence-electron chi connectivity index (χ1n) is 9.22. The van der Waals surface area contributed by atoms with Gasteiger partial charge in [0.15, 0.2) is 11.6 Å². The molecule has 1 aliphatic heterocycles. The summed E-state index contributed by atoms with van der Waals surface area (Å²) in [5.41, 5.74) is 0.865. The number of nitrogens with one attached hydrogen (secondary N) is 1. The Morgan fingerprint density at radius 1 is 1.17 bits per heavy atom. The van der Waals surface area contributed by atoms with E-state index in [1.165, 1.54) is 25.2 Å². The van der Waals surface area contributed by atoms with E-state index in [0.29, 0.717) is 27.8 Å². The third kappa shape index (κ3) is 4.33. The molecule has 1 heterocycles. The van der Waals surface area contributed by atoms with E-state index in [-0.39, 0.29) is 24.8 Å².